The predicted octanol–water partition coefficient (Wildman–Crippen LogP) is -5.25. The fourth-order valence-corrected chi connectivity index (χ4v) is 17.2. The molecule has 0 heterocycles. The lowest BCUT2D eigenvalue weighted by atomic mass is 15.8. The number of rotatable bonds is 3. The maximum atomic E-state index is 5.29. The normalized spacial score (nSPS) is 17.1. The monoisotopic (exact) mass is 184 g/mol. The molecule has 1 unspecified atom stereocenters. The fraction of sp³-hybridized carbons (Fsp3) is 0. The van der Waals surface area contributed by atoms with E-state index in [1.165, 1.54) is 9.76 Å². The Labute approximate surface area is 56.7 Å². The maximum absolute atomic E-state index is 5.29. The van der Waals surface area contributed by atoms with Crippen molar-refractivity contribution in [2.24, 2.45) is 0 Å². The van der Waals surface area contributed by atoms with Crippen LogP contribution >= 0.6 is 0 Å². The maximum Gasteiger partial charge on any atom is 0.157 e. The van der Waals surface area contributed by atoms with Crippen LogP contribution in [0.3, 0.4) is 0 Å². The van der Waals surface area contributed by atoms with Crippen molar-refractivity contribution >= 4 is 48.1 Å². The van der Waals surface area contributed by atoms with Crippen LogP contribution < -0.4 is 0 Å². The summed E-state index contributed by atoms with van der Waals surface area (Å²) >= 11 is 0. The first-order valence-corrected chi connectivity index (χ1v) is 12.9. The van der Waals surface area contributed by atoms with Crippen LogP contribution in [0.4, 0.5) is 0 Å². The molecule has 0 aliphatic heterocycles. The zero-order valence-corrected chi connectivity index (χ0v) is 13.7. The molecule has 0 radical (unpaired) electrons. The van der Waals surface area contributed by atoms with E-state index < -0.39 is 8.08 Å². The van der Waals surface area contributed by atoms with E-state index in [0.29, 0.717) is 0 Å². The van der Waals surface area contributed by atoms with Crippen molar-refractivity contribution in [3.63, 3.8) is 0 Å². The van der Waals surface area contributed by atoms with Gasteiger partial charge in [0.15, 0.2) is 17.4 Å². The molecule has 0 aromatic heterocycles. The summed E-state index contributed by atoms with van der Waals surface area (Å²) < 4.78 is 10.5. The third-order valence-electron chi connectivity index (χ3n) is 0.804. The first-order chi connectivity index (χ1) is 3.31. The van der Waals surface area contributed by atoms with Gasteiger partial charge in [0.2, 0.25) is 0 Å². The molecule has 0 bridgehead atoms. The molecule has 7 heavy (non-hydrogen) atoms. The first kappa shape index (κ1) is 8.00. The van der Waals surface area contributed by atoms with Crippen LogP contribution in [0.5, 0.6) is 0 Å². The summed E-state index contributed by atoms with van der Waals surface area (Å²) in [7, 11) is 2.60. The molecule has 0 aromatic rings. The van der Waals surface area contributed by atoms with Gasteiger partial charge in [-0.25, -0.2) is 0 Å². The Morgan fingerprint density at radius 2 is 2.00 bits per heavy atom. The molecule has 0 aliphatic carbocycles. The summed E-state index contributed by atoms with van der Waals surface area (Å²) in [5.41, 5.74) is 0. The molecular weight excluding hydrogens is 172 g/mol. The van der Waals surface area contributed by atoms with Gasteiger partial charge in [-0.2, -0.15) is 0 Å². The molecule has 0 spiro atoms. The second-order valence-electron chi connectivity index (χ2n) is 1.50. The van der Waals surface area contributed by atoms with E-state index in [4.69, 9.17) is 8.23 Å². The van der Waals surface area contributed by atoms with Crippen LogP contribution in [0.25, 0.3) is 0 Å². The van der Waals surface area contributed by atoms with Crippen molar-refractivity contribution in [2.75, 3.05) is 0 Å². The molecule has 0 aromatic carbocycles. The minimum absolute atomic E-state index is 0.0791. The summed E-state index contributed by atoms with van der Waals surface area (Å²) in [4.78, 5) is 0. The van der Waals surface area contributed by atoms with Crippen molar-refractivity contribution in [1.82, 2.24) is 0 Å². The van der Waals surface area contributed by atoms with Crippen molar-refractivity contribution in [3.8, 4) is 0 Å². The largest absolute Gasteiger partial charge is 0.469 e. The van der Waals surface area contributed by atoms with Gasteiger partial charge in [-0.1, -0.05) is 0 Å². The second kappa shape index (κ2) is 5.15. The van der Waals surface area contributed by atoms with E-state index in [2.05, 4.69) is 0 Å². The molecule has 0 rings (SSSR count). The van der Waals surface area contributed by atoms with Crippen LogP contribution in [0, 0.1) is 0 Å². The van der Waals surface area contributed by atoms with Gasteiger partial charge in [0.25, 0.3) is 0 Å². The highest BCUT2D eigenvalue weighted by Gasteiger charge is 1.97. The van der Waals surface area contributed by atoms with E-state index >= 15 is 0 Å². The highest BCUT2D eigenvalue weighted by atomic mass is 29.6. The molecule has 44 valence electrons. The second-order valence-corrected chi connectivity index (χ2v) is 20.9. The van der Waals surface area contributed by atoms with Crippen molar-refractivity contribution in [2.45, 2.75) is 0 Å². The zero-order chi connectivity index (χ0) is 5.70. The molecule has 1 atom stereocenters. The predicted molar refractivity (Wildman–Crippen MR) is 47.7 cm³/mol. The van der Waals surface area contributed by atoms with Gasteiger partial charge in [0.1, 0.15) is 21.0 Å². The lowest BCUT2D eigenvalue weighted by Crippen LogP contribution is -2.27. The number of hydrogen-bond donors (Lipinski definition) is 0. The average Bonchev–Trinajstić information content (AvgIpc) is 1.68. The SMILES string of the molecule is [SiH3]O[SiH2][SiH]([SiH3])O[SiH3]. The summed E-state index contributed by atoms with van der Waals surface area (Å²) in [6.07, 6.45) is 0. The average molecular weight is 185 g/mol. The van der Waals surface area contributed by atoms with Gasteiger partial charge in [-0.05, 0) is 0 Å². The third kappa shape index (κ3) is 4.87. The molecule has 0 saturated heterocycles. The van der Waals surface area contributed by atoms with E-state index in [0.717, 1.165) is 21.0 Å². The lowest BCUT2D eigenvalue weighted by Gasteiger charge is -2.03. The molecule has 7 heteroatoms. The third-order valence-corrected chi connectivity index (χ3v) is 20.5. The quantitative estimate of drug-likeness (QED) is 0.408. The summed E-state index contributed by atoms with van der Waals surface area (Å²) in [6.45, 7) is 0. The topological polar surface area (TPSA) is 18.5 Å². The Balaban J connectivity index is 2.83. The van der Waals surface area contributed by atoms with Crippen LogP contribution in [0.2, 0.25) is 0 Å². The van der Waals surface area contributed by atoms with E-state index in [9.17, 15) is 0 Å². The summed E-state index contributed by atoms with van der Waals surface area (Å²) in [6, 6.07) is 0. The Kier molecular flexibility index (Phi) is 5.89. The smallest absolute Gasteiger partial charge is 0.157 e. The Morgan fingerprint density at radius 1 is 1.43 bits per heavy atom. The van der Waals surface area contributed by atoms with Crippen LogP contribution in [0.1, 0.15) is 0 Å². The fourth-order valence-electron chi connectivity index (χ4n) is 0.303. The van der Waals surface area contributed by atoms with Gasteiger partial charge >= 0.3 is 0 Å². The summed E-state index contributed by atoms with van der Waals surface area (Å²) in [5.74, 6) is 0. The molecule has 0 aliphatic rings. The molecular formula is H12O2Si5. The highest BCUT2D eigenvalue weighted by molar-refractivity contribution is 7.31. The van der Waals surface area contributed by atoms with E-state index in [1.54, 1.807) is 0 Å². The minimum Gasteiger partial charge on any atom is -0.469 e. The molecule has 0 fully saturated rings. The number of hydrogen-bond acceptors (Lipinski definition) is 2. The van der Waals surface area contributed by atoms with E-state index in [1.807, 2.05) is 0 Å². The molecule has 0 saturated carbocycles. The lowest BCUT2D eigenvalue weighted by molar-refractivity contribution is 0.640. The Morgan fingerprint density at radius 3 is 2.14 bits per heavy atom. The molecule has 0 amide bonds. The van der Waals surface area contributed by atoms with Gasteiger partial charge in [0.05, 0.1) is 0 Å². The Bertz CT molecular complexity index is 37.1. The summed E-state index contributed by atoms with van der Waals surface area (Å²) in [5, 5.41) is 0. The van der Waals surface area contributed by atoms with Crippen LogP contribution in [-0.4, -0.2) is 48.1 Å². The van der Waals surface area contributed by atoms with Crippen molar-refractivity contribution in [1.29, 1.82) is 0 Å². The minimum atomic E-state index is -0.529. The Hall–Kier alpha value is 1.00. The van der Waals surface area contributed by atoms with Gasteiger partial charge in [-0.3, -0.25) is 0 Å². The van der Waals surface area contributed by atoms with Crippen molar-refractivity contribution < 1.29 is 8.23 Å². The van der Waals surface area contributed by atoms with Crippen LogP contribution in [0.15, 0.2) is 0 Å². The molecule has 2 nitrogen and oxygen atoms in total. The molecule has 0 N–H and O–H groups in total. The highest BCUT2D eigenvalue weighted by Crippen LogP contribution is 1.68. The van der Waals surface area contributed by atoms with Crippen molar-refractivity contribution in [3.05, 3.63) is 0 Å². The van der Waals surface area contributed by atoms with Gasteiger partial charge < -0.3 is 8.23 Å². The van der Waals surface area contributed by atoms with Crippen LogP contribution in [-0.2, 0) is 8.23 Å². The zero-order valence-electron chi connectivity index (χ0n) is 5.10. The first-order valence-electron chi connectivity index (χ1n) is 2.33. The standard InChI is InChI=1S/H12O2Si5/c3-1-6-7(5)2-4/h7H,6H2,3-5H3. The van der Waals surface area contributed by atoms with Gasteiger partial charge in [0, 0.05) is 9.76 Å². The van der Waals surface area contributed by atoms with E-state index in [-0.39, 0.29) is 9.28 Å². The van der Waals surface area contributed by atoms with Gasteiger partial charge in [-0.15, -0.1) is 0 Å².